The Bertz CT molecular complexity index is 803. The first-order valence-electron chi connectivity index (χ1n) is 6.49. The van der Waals surface area contributed by atoms with Crippen LogP contribution in [-0.4, -0.2) is 36.1 Å². The zero-order chi connectivity index (χ0) is 14.3. The third kappa shape index (κ3) is 2.11. The predicted molar refractivity (Wildman–Crippen MR) is 75.9 cm³/mol. The summed E-state index contributed by atoms with van der Waals surface area (Å²) in [7, 11) is -1.52. The first-order chi connectivity index (χ1) is 9.51. The molecule has 2 heterocycles. The van der Waals surface area contributed by atoms with Crippen LogP contribution in [0.25, 0.3) is 11.0 Å². The Labute approximate surface area is 116 Å². The molecule has 0 spiro atoms. The van der Waals surface area contributed by atoms with Crippen molar-refractivity contribution in [2.75, 3.05) is 12.9 Å². The van der Waals surface area contributed by atoms with E-state index in [1.54, 1.807) is 25.3 Å². The van der Waals surface area contributed by atoms with Crippen LogP contribution in [-0.2, 0) is 16.4 Å². The second kappa shape index (κ2) is 4.66. The summed E-state index contributed by atoms with van der Waals surface area (Å²) in [5.74, 6) is 0.859. The van der Waals surface area contributed by atoms with Crippen LogP contribution in [0.4, 0.5) is 0 Å². The molecule has 1 unspecified atom stereocenters. The number of aromatic amines is 1. The van der Waals surface area contributed by atoms with Crippen molar-refractivity contribution in [2.24, 2.45) is 0 Å². The van der Waals surface area contributed by atoms with Crippen LogP contribution in [0.1, 0.15) is 12.8 Å². The molecule has 108 valence electrons. The first kappa shape index (κ1) is 13.2. The average molecular weight is 296 g/mol. The molecule has 1 aromatic heterocycles. The average Bonchev–Trinajstić information content (AvgIpc) is 2.90. The van der Waals surface area contributed by atoms with E-state index in [-0.39, 0.29) is 18.0 Å². The molecular formula is C13H16N2O4S. The van der Waals surface area contributed by atoms with E-state index < -0.39 is 15.1 Å². The summed E-state index contributed by atoms with van der Waals surface area (Å²) in [4.78, 5) is 14.7. The highest BCUT2D eigenvalue weighted by Crippen LogP contribution is 2.24. The maximum Gasteiger partial charge on any atom is 0.326 e. The number of H-pyrrole nitrogens is 1. The van der Waals surface area contributed by atoms with Crippen molar-refractivity contribution in [1.29, 1.82) is 0 Å². The summed E-state index contributed by atoms with van der Waals surface area (Å²) in [6.07, 6.45) is 1.29. The van der Waals surface area contributed by atoms with E-state index in [0.29, 0.717) is 29.6 Å². The van der Waals surface area contributed by atoms with E-state index in [1.165, 1.54) is 4.57 Å². The number of nitrogens with zero attached hydrogens (tertiary/aromatic N) is 1. The molecule has 20 heavy (non-hydrogen) atoms. The fourth-order valence-electron chi connectivity index (χ4n) is 2.71. The molecule has 7 heteroatoms. The highest BCUT2D eigenvalue weighted by atomic mass is 32.2. The van der Waals surface area contributed by atoms with Crippen LogP contribution in [0.2, 0.25) is 0 Å². The van der Waals surface area contributed by atoms with Gasteiger partial charge in [-0.1, -0.05) is 0 Å². The van der Waals surface area contributed by atoms with Crippen LogP contribution >= 0.6 is 0 Å². The molecule has 1 N–H and O–H groups in total. The molecular weight excluding hydrogens is 280 g/mol. The van der Waals surface area contributed by atoms with Gasteiger partial charge in [-0.25, -0.2) is 13.2 Å². The molecule has 1 fully saturated rings. The molecule has 0 bridgehead atoms. The molecule has 1 aliphatic heterocycles. The number of hydrogen-bond acceptors (Lipinski definition) is 4. The molecule has 0 radical (unpaired) electrons. The number of sulfone groups is 1. The number of hydrogen-bond donors (Lipinski definition) is 1. The predicted octanol–water partition coefficient (Wildman–Crippen LogP) is 0.915. The summed E-state index contributed by atoms with van der Waals surface area (Å²) in [5, 5.41) is -0.467. The first-order valence-corrected chi connectivity index (χ1v) is 8.21. The number of methoxy groups -OCH3 is 1. The van der Waals surface area contributed by atoms with Crippen molar-refractivity contribution in [3.05, 3.63) is 28.7 Å². The maximum absolute atomic E-state index is 12.0. The highest BCUT2D eigenvalue weighted by Gasteiger charge is 2.32. The Hall–Kier alpha value is -1.76. The van der Waals surface area contributed by atoms with E-state index in [1.807, 2.05) is 0 Å². The smallest absolute Gasteiger partial charge is 0.326 e. The number of rotatable bonds is 3. The van der Waals surface area contributed by atoms with Gasteiger partial charge in [0.1, 0.15) is 5.75 Å². The quantitative estimate of drug-likeness (QED) is 0.913. The Morgan fingerprint density at radius 2 is 2.25 bits per heavy atom. The Balaban J connectivity index is 2.07. The van der Waals surface area contributed by atoms with Gasteiger partial charge in [0.25, 0.3) is 0 Å². The van der Waals surface area contributed by atoms with Crippen molar-refractivity contribution in [3.63, 3.8) is 0 Å². The lowest BCUT2D eigenvalue weighted by Crippen LogP contribution is -2.28. The number of fused-ring (bicyclic) bond motifs is 1. The standard InChI is InChI=1S/C13H16N2O4S/c1-19-9-4-5-11-12(7-9)15(13(16)14-11)8-10-3-2-6-20(10,17)18/h4-5,7,10H,2-3,6,8H2,1H3,(H,14,16). The molecule has 2 aromatic rings. The molecule has 3 rings (SSSR count). The van der Waals surface area contributed by atoms with E-state index in [2.05, 4.69) is 4.98 Å². The third-order valence-electron chi connectivity index (χ3n) is 3.83. The van der Waals surface area contributed by atoms with Gasteiger partial charge in [0.15, 0.2) is 9.84 Å². The van der Waals surface area contributed by atoms with Crippen molar-refractivity contribution in [2.45, 2.75) is 24.6 Å². The molecule has 1 aliphatic rings. The summed E-state index contributed by atoms with van der Waals surface area (Å²) in [6, 6.07) is 5.26. The number of nitrogens with one attached hydrogen (secondary N) is 1. The lowest BCUT2D eigenvalue weighted by atomic mass is 10.2. The zero-order valence-electron chi connectivity index (χ0n) is 11.1. The fourth-order valence-corrected chi connectivity index (χ4v) is 4.51. The van der Waals surface area contributed by atoms with Crippen molar-refractivity contribution >= 4 is 20.9 Å². The van der Waals surface area contributed by atoms with Crippen molar-refractivity contribution < 1.29 is 13.2 Å². The largest absolute Gasteiger partial charge is 0.497 e. The van der Waals surface area contributed by atoms with Gasteiger partial charge in [0.2, 0.25) is 0 Å². The van der Waals surface area contributed by atoms with Gasteiger partial charge >= 0.3 is 5.69 Å². The second-order valence-corrected chi connectivity index (χ2v) is 7.46. The van der Waals surface area contributed by atoms with Crippen LogP contribution in [0.15, 0.2) is 23.0 Å². The number of aromatic nitrogens is 2. The van der Waals surface area contributed by atoms with E-state index in [9.17, 15) is 13.2 Å². The van der Waals surface area contributed by atoms with Gasteiger partial charge in [-0.3, -0.25) is 4.57 Å². The topological polar surface area (TPSA) is 81.2 Å². The molecule has 0 amide bonds. The Morgan fingerprint density at radius 1 is 1.45 bits per heavy atom. The molecule has 6 nitrogen and oxygen atoms in total. The Morgan fingerprint density at radius 3 is 2.90 bits per heavy atom. The third-order valence-corrected chi connectivity index (χ3v) is 6.09. The van der Waals surface area contributed by atoms with Crippen molar-refractivity contribution in [3.8, 4) is 5.75 Å². The number of ether oxygens (including phenoxy) is 1. The van der Waals surface area contributed by atoms with Gasteiger partial charge in [-0.15, -0.1) is 0 Å². The van der Waals surface area contributed by atoms with E-state index in [0.717, 1.165) is 0 Å². The van der Waals surface area contributed by atoms with Gasteiger partial charge in [0.05, 0.1) is 29.1 Å². The summed E-state index contributed by atoms with van der Waals surface area (Å²) in [6.45, 7) is 0.203. The number of imidazole rings is 1. The molecule has 1 aromatic carbocycles. The van der Waals surface area contributed by atoms with Gasteiger partial charge in [-0.05, 0) is 25.0 Å². The Kier molecular flexibility index (Phi) is 3.08. The molecule has 1 saturated heterocycles. The molecule has 1 atom stereocenters. The van der Waals surface area contributed by atoms with E-state index in [4.69, 9.17) is 4.74 Å². The van der Waals surface area contributed by atoms with Crippen LogP contribution < -0.4 is 10.4 Å². The minimum absolute atomic E-state index is 0.203. The molecule has 0 saturated carbocycles. The van der Waals surface area contributed by atoms with E-state index >= 15 is 0 Å². The van der Waals surface area contributed by atoms with Gasteiger partial charge in [-0.2, -0.15) is 0 Å². The van der Waals surface area contributed by atoms with Crippen LogP contribution in [0, 0.1) is 0 Å². The monoisotopic (exact) mass is 296 g/mol. The normalized spacial score (nSPS) is 21.4. The summed E-state index contributed by atoms with van der Waals surface area (Å²) >= 11 is 0. The minimum Gasteiger partial charge on any atom is -0.497 e. The van der Waals surface area contributed by atoms with Crippen LogP contribution in [0.5, 0.6) is 5.75 Å². The number of benzene rings is 1. The summed E-state index contributed by atoms with van der Waals surface area (Å²) in [5.41, 5.74) is 1.08. The summed E-state index contributed by atoms with van der Waals surface area (Å²) < 4.78 is 30.5. The fraction of sp³-hybridized carbons (Fsp3) is 0.462. The van der Waals surface area contributed by atoms with Crippen molar-refractivity contribution in [1.82, 2.24) is 9.55 Å². The highest BCUT2D eigenvalue weighted by molar-refractivity contribution is 7.92. The van der Waals surface area contributed by atoms with Gasteiger partial charge < -0.3 is 9.72 Å². The minimum atomic E-state index is -3.07. The second-order valence-electron chi connectivity index (χ2n) is 5.06. The molecule has 0 aliphatic carbocycles. The van der Waals surface area contributed by atoms with Gasteiger partial charge in [0, 0.05) is 12.6 Å². The SMILES string of the molecule is COc1ccc2[nH]c(=O)n(CC3CCCS3(=O)=O)c2c1. The maximum atomic E-state index is 12.0. The lowest BCUT2D eigenvalue weighted by Gasteiger charge is -2.10. The lowest BCUT2D eigenvalue weighted by molar-refractivity contribution is 0.415. The zero-order valence-corrected chi connectivity index (χ0v) is 11.9. The van der Waals surface area contributed by atoms with Crippen LogP contribution in [0.3, 0.4) is 0 Å².